The van der Waals surface area contributed by atoms with Crippen LogP contribution in [0.2, 0.25) is 0 Å². The summed E-state index contributed by atoms with van der Waals surface area (Å²) < 4.78 is 13.6. The van der Waals surface area contributed by atoms with E-state index in [9.17, 15) is 14.3 Å². The highest BCUT2D eigenvalue weighted by Gasteiger charge is 2.24. The van der Waals surface area contributed by atoms with E-state index in [0.717, 1.165) is 25.7 Å². The molecule has 1 aliphatic rings. The summed E-state index contributed by atoms with van der Waals surface area (Å²) in [5, 5.41) is 10.1. The number of aromatic hydroxyl groups is 1. The second-order valence-corrected chi connectivity index (χ2v) is 5.50. The third kappa shape index (κ3) is 2.82. The van der Waals surface area contributed by atoms with Crippen molar-refractivity contribution >= 4 is 0 Å². The molecule has 0 spiro atoms. The lowest BCUT2D eigenvalue weighted by molar-refractivity contribution is 0.432. The van der Waals surface area contributed by atoms with E-state index in [-0.39, 0.29) is 35.4 Å². The van der Waals surface area contributed by atoms with Gasteiger partial charge in [-0.15, -0.1) is 0 Å². The molecule has 1 aromatic carbocycles. The Balaban J connectivity index is 1.92. The van der Waals surface area contributed by atoms with Crippen LogP contribution in [0.3, 0.4) is 0 Å². The number of H-pyrrole nitrogens is 1. The minimum atomic E-state index is -0.348. The van der Waals surface area contributed by atoms with Crippen molar-refractivity contribution in [3.05, 3.63) is 57.4 Å². The summed E-state index contributed by atoms with van der Waals surface area (Å²) >= 11 is 0. The molecular weight excluding hydrogens is 271 g/mol. The number of hydrogen-bond donors (Lipinski definition) is 2. The lowest BCUT2D eigenvalue weighted by atomic mass is 10.00. The first-order valence-corrected chi connectivity index (χ1v) is 7.20. The second kappa shape index (κ2) is 5.68. The fourth-order valence-electron chi connectivity index (χ4n) is 3.00. The van der Waals surface area contributed by atoms with E-state index in [1.165, 1.54) is 6.07 Å². The van der Waals surface area contributed by atoms with Crippen LogP contribution in [0.5, 0.6) is 5.88 Å². The maximum absolute atomic E-state index is 13.6. The SMILES string of the molecule is O=c1[nH]c(Cc2ccccc2F)nc(O)c1C1CCCC1. The minimum absolute atomic E-state index is 0.0868. The summed E-state index contributed by atoms with van der Waals surface area (Å²) in [6.07, 6.45) is 4.11. The van der Waals surface area contributed by atoms with E-state index in [4.69, 9.17) is 0 Å². The zero-order chi connectivity index (χ0) is 14.8. The molecule has 1 aromatic heterocycles. The van der Waals surface area contributed by atoms with Gasteiger partial charge in [0.1, 0.15) is 11.6 Å². The van der Waals surface area contributed by atoms with Gasteiger partial charge < -0.3 is 10.1 Å². The van der Waals surface area contributed by atoms with E-state index >= 15 is 0 Å². The van der Waals surface area contributed by atoms with Crippen molar-refractivity contribution < 1.29 is 9.50 Å². The van der Waals surface area contributed by atoms with Crippen LogP contribution < -0.4 is 5.56 Å². The van der Waals surface area contributed by atoms with Gasteiger partial charge in [0, 0.05) is 6.42 Å². The van der Waals surface area contributed by atoms with Gasteiger partial charge in [0.05, 0.1) is 5.56 Å². The lowest BCUT2D eigenvalue weighted by Gasteiger charge is -2.11. The van der Waals surface area contributed by atoms with Gasteiger partial charge in [0.15, 0.2) is 0 Å². The molecule has 0 amide bonds. The van der Waals surface area contributed by atoms with E-state index in [0.29, 0.717) is 11.1 Å². The Morgan fingerprint density at radius 3 is 2.67 bits per heavy atom. The van der Waals surface area contributed by atoms with E-state index in [1.54, 1.807) is 18.2 Å². The second-order valence-electron chi connectivity index (χ2n) is 5.50. The average molecular weight is 288 g/mol. The molecule has 1 saturated carbocycles. The smallest absolute Gasteiger partial charge is 0.258 e. The molecule has 110 valence electrons. The molecule has 4 nitrogen and oxygen atoms in total. The normalized spacial score (nSPS) is 15.5. The van der Waals surface area contributed by atoms with Crippen LogP contribution in [0.4, 0.5) is 4.39 Å². The third-order valence-electron chi connectivity index (χ3n) is 4.06. The Kier molecular flexibility index (Phi) is 3.73. The van der Waals surface area contributed by atoms with Crippen molar-refractivity contribution in [1.29, 1.82) is 0 Å². The molecule has 21 heavy (non-hydrogen) atoms. The molecule has 2 N–H and O–H groups in total. The molecule has 0 unspecified atom stereocenters. The highest BCUT2D eigenvalue weighted by Crippen LogP contribution is 2.35. The van der Waals surface area contributed by atoms with Gasteiger partial charge in [0.2, 0.25) is 5.88 Å². The topological polar surface area (TPSA) is 66.0 Å². The first kappa shape index (κ1) is 13.8. The van der Waals surface area contributed by atoms with Crippen molar-refractivity contribution in [3.63, 3.8) is 0 Å². The van der Waals surface area contributed by atoms with Crippen molar-refractivity contribution in [2.75, 3.05) is 0 Å². The molecular formula is C16H17FN2O2. The fourth-order valence-corrected chi connectivity index (χ4v) is 3.00. The Morgan fingerprint density at radius 2 is 2.00 bits per heavy atom. The van der Waals surface area contributed by atoms with E-state index in [2.05, 4.69) is 9.97 Å². The number of nitrogens with one attached hydrogen (secondary N) is 1. The summed E-state index contributed by atoms with van der Waals surface area (Å²) in [7, 11) is 0. The van der Waals surface area contributed by atoms with Crippen LogP contribution in [0, 0.1) is 5.82 Å². The number of benzene rings is 1. The predicted octanol–water partition coefficient (Wildman–Crippen LogP) is 2.86. The van der Waals surface area contributed by atoms with E-state index in [1.807, 2.05) is 0 Å². The van der Waals surface area contributed by atoms with Crippen LogP contribution >= 0.6 is 0 Å². The van der Waals surface area contributed by atoms with Crippen LogP contribution in [-0.4, -0.2) is 15.1 Å². The van der Waals surface area contributed by atoms with Crippen LogP contribution in [0.25, 0.3) is 0 Å². The van der Waals surface area contributed by atoms with Crippen molar-refractivity contribution in [1.82, 2.24) is 9.97 Å². The molecule has 5 heteroatoms. The van der Waals surface area contributed by atoms with Crippen molar-refractivity contribution in [3.8, 4) is 5.88 Å². The van der Waals surface area contributed by atoms with Crippen LogP contribution in [0.15, 0.2) is 29.1 Å². The predicted molar refractivity (Wildman–Crippen MR) is 76.9 cm³/mol. The molecule has 0 aliphatic heterocycles. The largest absolute Gasteiger partial charge is 0.493 e. The Hall–Kier alpha value is -2.17. The molecule has 3 rings (SSSR count). The van der Waals surface area contributed by atoms with Crippen LogP contribution in [0.1, 0.15) is 48.6 Å². The number of aromatic nitrogens is 2. The molecule has 0 atom stereocenters. The molecule has 2 aromatic rings. The van der Waals surface area contributed by atoms with Gasteiger partial charge in [-0.3, -0.25) is 4.79 Å². The summed E-state index contributed by atoms with van der Waals surface area (Å²) in [5.74, 6) is -0.190. The van der Waals surface area contributed by atoms with Crippen molar-refractivity contribution in [2.24, 2.45) is 0 Å². The number of rotatable bonds is 3. The highest BCUT2D eigenvalue weighted by atomic mass is 19.1. The fraction of sp³-hybridized carbons (Fsp3) is 0.375. The molecule has 1 aliphatic carbocycles. The van der Waals surface area contributed by atoms with Crippen LogP contribution in [-0.2, 0) is 6.42 Å². The first-order valence-electron chi connectivity index (χ1n) is 7.20. The van der Waals surface area contributed by atoms with Gasteiger partial charge in [0.25, 0.3) is 5.56 Å². The average Bonchev–Trinajstić information content (AvgIpc) is 2.94. The number of aromatic amines is 1. The summed E-state index contributed by atoms with van der Waals surface area (Å²) in [6, 6.07) is 6.33. The zero-order valence-corrected chi connectivity index (χ0v) is 11.6. The number of nitrogens with zero attached hydrogens (tertiary/aromatic N) is 1. The third-order valence-corrected chi connectivity index (χ3v) is 4.06. The highest BCUT2D eigenvalue weighted by molar-refractivity contribution is 5.29. The quantitative estimate of drug-likeness (QED) is 0.912. The van der Waals surface area contributed by atoms with E-state index < -0.39 is 0 Å². The maximum Gasteiger partial charge on any atom is 0.258 e. The monoisotopic (exact) mass is 288 g/mol. The first-order chi connectivity index (χ1) is 10.1. The summed E-state index contributed by atoms with van der Waals surface area (Å²) in [6.45, 7) is 0. The Morgan fingerprint density at radius 1 is 1.29 bits per heavy atom. The summed E-state index contributed by atoms with van der Waals surface area (Å²) in [5.41, 5.74) is 0.513. The Labute approximate surface area is 121 Å². The standard InChI is InChI=1S/C16H17FN2O2/c17-12-8-4-3-7-11(12)9-13-18-15(20)14(16(21)19-13)10-5-1-2-6-10/h3-4,7-8,10H,1-2,5-6,9H2,(H2,18,19,20,21). The lowest BCUT2D eigenvalue weighted by Crippen LogP contribution is -2.19. The number of hydrogen-bond acceptors (Lipinski definition) is 3. The minimum Gasteiger partial charge on any atom is -0.493 e. The summed E-state index contributed by atoms with van der Waals surface area (Å²) in [4.78, 5) is 18.9. The number of halogens is 1. The maximum atomic E-state index is 13.6. The van der Waals surface area contributed by atoms with Gasteiger partial charge in [-0.25, -0.2) is 4.39 Å². The van der Waals surface area contributed by atoms with Gasteiger partial charge in [-0.1, -0.05) is 31.0 Å². The van der Waals surface area contributed by atoms with Gasteiger partial charge in [-0.2, -0.15) is 4.98 Å². The molecule has 0 saturated heterocycles. The zero-order valence-electron chi connectivity index (χ0n) is 11.6. The van der Waals surface area contributed by atoms with Gasteiger partial charge >= 0.3 is 0 Å². The molecule has 0 radical (unpaired) electrons. The Bertz CT molecular complexity index is 706. The molecule has 1 heterocycles. The molecule has 1 fully saturated rings. The van der Waals surface area contributed by atoms with Crippen molar-refractivity contribution in [2.45, 2.75) is 38.0 Å². The molecule has 0 bridgehead atoms. The van der Waals surface area contributed by atoms with Gasteiger partial charge in [-0.05, 0) is 30.4 Å².